The van der Waals surface area contributed by atoms with Crippen LogP contribution in [0.5, 0.6) is 5.75 Å². The summed E-state index contributed by atoms with van der Waals surface area (Å²) in [5, 5.41) is 5.62. The van der Waals surface area contributed by atoms with Crippen molar-refractivity contribution in [2.24, 2.45) is 0 Å². The molecule has 0 spiro atoms. The number of rotatable bonds is 11. The zero-order valence-corrected chi connectivity index (χ0v) is 33.5. The third kappa shape index (κ3) is 10.4. The van der Waals surface area contributed by atoms with Crippen LogP contribution in [0.3, 0.4) is 0 Å². The van der Waals surface area contributed by atoms with E-state index in [1.807, 2.05) is 61.5 Å². The highest BCUT2D eigenvalue weighted by molar-refractivity contribution is 7.91. The van der Waals surface area contributed by atoms with Gasteiger partial charge in [0.05, 0.1) is 29.6 Å². The third-order valence-corrected chi connectivity index (χ3v) is 12.5. The molecule has 1 saturated carbocycles. The second-order valence-electron chi connectivity index (χ2n) is 15.3. The van der Waals surface area contributed by atoms with Crippen LogP contribution in [-0.2, 0) is 29.1 Å². The van der Waals surface area contributed by atoms with Crippen molar-refractivity contribution in [1.29, 1.82) is 0 Å². The Bertz CT molecular complexity index is 2100. The highest BCUT2D eigenvalue weighted by atomic mass is 32.2. The molecule has 3 heterocycles. The van der Waals surface area contributed by atoms with Gasteiger partial charge in [0.25, 0.3) is 5.91 Å². The number of alkyl carbamates (subject to hydrolysis) is 1. The number of cyclic esters (lactones) is 1. The van der Waals surface area contributed by atoms with E-state index in [-0.39, 0.29) is 26.0 Å². The van der Waals surface area contributed by atoms with Gasteiger partial charge in [0.2, 0.25) is 21.8 Å². The lowest BCUT2D eigenvalue weighted by atomic mass is 9.96. The summed E-state index contributed by atoms with van der Waals surface area (Å²) in [4.78, 5) is 61.9. The number of ether oxygens (including phenoxy) is 2. The second-order valence-corrected chi connectivity index (χ2v) is 17.3. The van der Waals surface area contributed by atoms with E-state index in [9.17, 15) is 27.6 Å². The van der Waals surface area contributed by atoms with Crippen molar-refractivity contribution in [3.05, 3.63) is 78.9 Å². The maximum atomic E-state index is 14.5. The van der Waals surface area contributed by atoms with Crippen molar-refractivity contribution in [2.75, 3.05) is 13.2 Å². The first-order valence-corrected chi connectivity index (χ1v) is 21.5. The molecule has 1 aromatic heterocycles. The summed E-state index contributed by atoms with van der Waals surface area (Å²) in [5.74, 6) is -1.55. The maximum Gasteiger partial charge on any atom is 0.407 e. The lowest BCUT2D eigenvalue weighted by Crippen LogP contribution is -2.61. The Kier molecular flexibility index (Phi) is 13.3. The van der Waals surface area contributed by atoms with Crippen molar-refractivity contribution < 1.29 is 37.1 Å². The molecule has 4 atom stereocenters. The zero-order valence-electron chi connectivity index (χ0n) is 32.7. The van der Waals surface area contributed by atoms with E-state index in [0.29, 0.717) is 49.1 Å². The zero-order chi connectivity index (χ0) is 40.6. The molecule has 4 bridgehead atoms. The Labute approximate surface area is 334 Å². The summed E-state index contributed by atoms with van der Waals surface area (Å²) in [7, 11) is -3.93. The predicted octanol–water partition coefficient (Wildman–Crippen LogP) is 6.18. The van der Waals surface area contributed by atoms with Crippen molar-refractivity contribution in [1.82, 2.24) is 25.2 Å². The number of aromatic nitrogens is 1. The lowest BCUT2D eigenvalue weighted by molar-refractivity contribution is -0.142. The third-order valence-electron chi connectivity index (χ3n) is 10.7. The normalized spacial score (nSPS) is 22.4. The fourth-order valence-corrected chi connectivity index (χ4v) is 8.65. The Morgan fingerprint density at radius 3 is 2.61 bits per heavy atom. The molecule has 13 nitrogen and oxygen atoms in total. The number of sulfonamides is 1. The molecule has 2 aromatic carbocycles. The molecular formula is C43H53N5O8S. The largest absolute Gasteiger partial charge is 0.488 e. The molecule has 2 fully saturated rings. The maximum absolute atomic E-state index is 14.5. The van der Waals surface area contributed by atoms with Crippen LogP contribution in [0.15, 0.2) is 73.3 Å². The van der Waals surface area contributed by atoms with E-state index in [1.54, 1.807) is 0 Å². The van der Waals surface area contributed by atoms with Crippen LogP contribution >= 0.6 is 0 Å². The van der Waals surface area contributed by atoms with Gasteiger partial charge in [0.1, 0.15) is 29.5 Å². The van der Waals surface area contributed by atoms with Crippen LogP contribution in [0.4, 0.5) is 4.79 Å². The Morgan fingerprint density at radius 1 is 1.09 bits per heavy atom. The number of carbonyl (C=O) groups is 4. The number of amides is 4. The fraction of sp³-hybridized carbons (Fsp3) is 0.465. The van der Waals surface area contributed by atoms with Gasteiger partial charge in [-0.2, -0.15) is 0 Å². The Balaban J connectivity index is 1.38. The summed E-state index contributed by atoms with van der Waals surface area (Å²) < 4.78 is 39.9. The van der Waals surface area contributed by atoms with Gasteiger partial charge in [0.15, 0.2) is 0 Å². The minimum atomic E-state index is -3.93. The lowest BCUT2D eigenvalue weighted by Gasteiger charge is -2.33. The van der Waals surface area contributed by atoms with E-state index in [2.05, 4.69) is 34.1 Å². The summed E-state index contributed by atoms with van der Waals surface area (Å²) in [6, 6.07) is 15.4. The summed E-state index contributed by atoms with van der Waals surface area (Å²) >= 11 is 0. The van der Waals surface area contributed by atoms with Crippen molar-refractivity contribution >= 4 is 50.8 Å². The van der Waals surface area contributed by atoms with Gasteiger partial charge < -0.3 is 25.0 Å². The molecule has 304 valence electrons. The minimum Gasteiger partial charge on any atom is -0.488 e. The average Bonchev–Trinajstić information content (AvgIpc) is 3.98. The molecular weight excluding hydrogens is 747 g/mol. The number of nitrogens with one attached hydrogen (secondary N) is 3. The quantitative estimate of drug-likeness (QED) is 0.192. The molecule has 57 heavy (non-hydrogen) atoms. The first-order valence-electron chi connectivity index (χ1n) is 20.0. The summed E-state index contributed by atoms with van der Waals surface area (Å²) in [6.07, 6.45) is 9.98. The predicted molar refractivity (Wildman–Crippen MR) is 218 cm³/mol. The van der Waals surface area contributed by atoms with Gasteiger partial charge >= 0.3 is 6.09 Å². The number of benzene rings is 2. The SMILES string of the molecule is C=CC[C@@](C)(NC(=O)[C@@H]1C[C@@H]2CN1C(=O)[C@H](CCCC)NC(=O)OCCCCC/C=C/c1ccc3nc(-c4ccccc4)cc(c3c1)O2)C(=O)NS(=O)(=O)C1CC1. The van der Waals surface area contributed by atoms with Gasteiger partial charge in [-0.05, 0) is 76.0 Å². The van der Waals surface area contributed by atoms with Crippen LogP contribution < -0.4 is 20.1 Å². The van der Waals surface area contributed by atoms with Crippen LogP contribution in [0.2, 0.25) is 0 Å². The van der Waals surface area contributed by atoms with Crippen molar-refractivity contribution in [3.8, 4) is 17.0 Å². The molecule has 1 saturated heterocycles. The standard InChI is InChI=1S/C43H53N5O8S/c1-4-6-18-35-40(50)48-28-31(26-37(48)39(49)46-43(3,23-5-2)41(51)47-57(53,54)32-20-21-32)56-38-27-36(30-16-12-10-13-17-30)44-34-22-19-29(25-33(34)38)15-11-8-7-9-14-24-55-42(52)45-35/h5,10-13,15-17,19,22,25,27,31-32,35,37H,2,4,6-9,14,18,20-21,23-24,26,28H2,1,3H3,(H,45,52)(H,46,49)(H,47,51)/b15-11+/t31-,35+,37+,43-/m1/s1. The van der Waals surface area contributed by atoms with E-state index in [4.69, 9.17) is 14.5 Å². The van der Waals surface area contributed by atoms with Crippen LogP contribution in [0.1, 0.15) is 90.0 Å². The number of pyridine rings is 1. The Morgan fingerprint density at radius 2 is 1.88 bits per heavy atom. The van der Waals surface area contributed by atoms with Crippen LogP contribution in [-0.4, -0.2) is 84.2 Å². The summed E-state index contributed by atoms with van der Waals surface area (Å²) in [5.41, 5.74) is 1.53. The van der Waals surface area contributed by atoms with E-state index < -0.39 is 62.8 Å². The van der Waals surface area contributed by atoms with E-state index >= 15 is 0 Å². The molecule has 6 rings (SSSR count). The van der Waals surface area contributed by atoms with Gasteiger partial charge in [-0.3, -0.25) is 19.1 Å². The second kappa shape index (κ2) is 18.4. The molecule has 14 heteroatoms. The number of hydrogen-bond donors (Lipinski definition) is 3. The minimum absolute atomic E-state index is 0.0131. The number of unbranched alkanes of at least 4 members (excludes halogenated alkanes) is 1. The van der Waals surface area contributed by atoms with E-state index in [0.717, 1.165) is 42.2 Å². The highest BCUT2D eigenvalue weighted by Gasteiger charge is 2.47. The number of fused-ring (bicyclic) bond motifs is 3. The van der Waals surface area contributed by atoms with Gasteiger partial charge in [0, 0.05) is 23.4 Å². The highest BCUT2D eigenvalue weighted by Crippen LogP contribution is 2.35. The molecule has 4 amide bonds. The molecule has 0 radical (unpaired) electrons. The number of allylic oxidation sites excluding steroid dienone is 1. The Hall–Kier alpha value is -5.24. The smallest absolute Gasteiger partial charge is 0.407 e. The molecule has 1 aliphatic carbocycles. The van der Waals surface area contributed by atoms with Gasteiger partial charge in [-0.1, -0.05) is 74.4 Å². The van der Waals surface area contributed by atoms with Crippen molar-refractivity contribution in [2.45, 2.75) is 113 Å². The molecule has 2 aliphatic heterocycles. The molecule has 3 N–H and O–H groups in total. The fourth-order valence-electron chi connectivity index (χ4n) is 7.25. The van der Waals surface area contributed by atoms with Crippen molar-refractivity contribution in [3.63, 3.8) is 0 Å². The number of nitrogens with zero attached hydrogens (tertiary/aromatic N) is 2. The van der Waals surface area contributed by atoms with Gasteiger partial charge in [-0.25, -0.2) is 18.2 Å². The molecule has 3 aliphatic rings. The van der Waals surface area contributed by atoms with Crippen LogP contribution in [0.25, 0.3) is 28.2 Å². The first-order chi connectivity index (χ1) is 27.4. The van der Waals surface area contributed by atoms with Crippen LogP contribution in [0, 0.1) is 0 Å². The monoisotopic (exact) mass is 799 g/mol. The first kappa shape index (κ1) is 41.4. The van der Waals surface area contributed by atoms with Gasteiger partial charge in [-0.15, -0.1) is 6.58 Å². The summed E-state index contributed by atoms with van der Waals surface area (Å²) in [6.45, 7) is 7.32. The average molecular weight is 800 g/mol. The molecule has 0 unspecified atom stereocenters. The number of hydrogen-bond acceptors (Lipinski definition) is 9. The topological polar surface area (TPSA) is 173 Å². The number of carbonyl (C=O) groups excluding carboxylic acids is 4. The van der Waals surface area contributed by atoms with E-state index in [1.165, 1.54) is 17.9 Å². The molecule has 3 aromatic rings.